The van der Waals surface area contributed by atoms with Gasteiger partial charge in [-0.25, -0.2) is 13.1 Å². The van der Waals surface area contributed by atoms with Crippen LogP contribution >= 0.6 is 23.1 Å². The molecule has 1 aromatic rings. The van der Waals surface area contributed by atoms with Crippen molar-refractivity contribution in [2.75, 3.05) is 18.6 Å². The van der Waals surface area contributed by atoms with Gasteiger partial charge in [0.25, 0.3) is 0 Å². The number of nitrogens with one attached hydrogen (secondary N) is 2. The third kappa shape index (κ3) is 4.73. The van der Waals surface area contributed by atoms with Gasteiger partial charge in [0.05, 0.1) is 0 Å². The number of thioether (sulfide) groups is 1. The van der Waals surface area contributed by atoms with Crippen molar-refractivity contribution in [3.8, 4) is 0 Å². The average molecular weight is 337 g/mol. The molecule has 0 spiro atoms. The first-order chi connectivity index (χ1) is 9.46. The van der Waals surface area contributed by atoms with Crippen molar-refractivity contribution in [2.24, 2.45) is 0 Å². The molecule has 2 N–H and O–H groups in total. The highest BCUT2D eigenvalue weighted by atomic mass is 32.2. The summed E-state index contributed by atoms with van der Waals surface area (Å²) in [5.74, 6) is 0.793. The van der Waals surface area contributed by atoms with Crippen LogP contribution in [-0.4, -0.2) is 33.0 Å². The topological polar surface area (TPSA) is 58.2 Å². The molecule has 7 heteroatoms. The Morgan fingerprint density at radius 1 is 1.40 bits per heavy atom. The van der Waals surface area contributed by atoms with Crippen LogP contribution in [0.3, 0.4) is 0 Å². The lowest BCUT2D eigenvalue weighted by Gasteiger charge is -2.17. The molecule has 1 rings (SSSR count). The van der Waals surface area contributed by atoms with Crippen molar-refractivity contribution in [1.29, 1.82) is 0 Å². The third-order valence-corrected chi connectivity index (χ3v) is 6.69. The minimum Gasteiger partial charge on any atom is -0.312 e. The number of rotatable bonds is 9. The van der Waals surface area contributed by atoms with Crippen LogP contribution in [0.2, 0.25) is 0 Å². The van der Waals surface area contributed by atoms with E-state index < -0.39 is 10.0 Å². The van der Waals surface area contributed by atoms with Crippen LogP contribution in [0.1, 0.15) is 30.7 Å². The SMILES string of the molecule is CCNCc1scc(C)c1S(=O)(=O)NC(CC)CSC. The highest BCUT2D eigenvalue weighted by molar-refractivity contribution is 7.98. The lowest BCUT2D eigenvalue weighted by atomic mass is 10.3. The maximum Gasteiger partial charge on any atom is 0.242 e. The molecule has 0 aliphatic carbocycles. The van der Waals surface area contributed by atoms with Crippen molar-refractivity contribution in [1.82, 2.24) is 10.0 Å². The normalized spacial score (nSPS) is 13.6. The summed E-state index contributed by atoms with van der Waals surface area (Å²) in [4.78, 5) is 1.35. The fraction of sp³-hybridized carbons (Fsp3) is 0.692. The van der Waals surface area contributed by atoms with Gasteiger partial charge in [0.2, 0.25) is 10.0 Å². The standard InChI is InChI=1S/C13H24N2O2S3/c1-5-11(9-18-4)15-20(16,17)13-10(3)8-19-12(13)7-14-6-2/h8,11,14-15H,5-7,9H2,1-4H3. The molecular formula is C13H24N2O2S3. The van der Waals surface area contributed by atoms with E-state index >= 15 is 0 Å². The summed E-state index contributed by atoms with van der Waals surface area (Å²) in [5, 5.41) is 5.11. The molecule has 1 aromatic heterocycles. The van der Waals surface area contributed by atoms with E-state index in [1.807, 2.05) is 32.4 Å². The molecule has 1 unspecified atom stereocenters. The van der Waals surface area contributed by atoms with E-state index in [9.17, 15) is 8.42 Å². The number of thiophene rings is 1. The first-order valence-electron chi connectivity index (χ1n) is 6.75. The fourth-order valence-electron chi connectivity index (χ4n) is 1.92. The zero-order chi connectivity index (χ0) is 15.2. The molecular weight excluding hydrogens is 312 g/mol. The molecule has 0 saturated heterocycles. The van der Waals surface area contributed by atoms with E-state index in [1.54, 1.807) is 11.8 Å². The minimum atomic E-state index is -3.44. The van der Waals surface area contributed by atoms with Crippen LogP contribution in [0.15, 0.2) is 10.3 Å². The zero-order valence-corrected chi connectivity index (χ0v) is 15.0. The summed E-state index contributed by atoms with van der Waals surface area (Å²) in [6.07, 6.45) is 2.79. The van der Waals surface area contributed by atoms with E-state index in [0.717, 1.165) is 29.2 Å². The molecule has 116 valence electrons. The summed E-state index contributed by atoms with van der Waals surface area (Å²) in [6.45, 7) is 7.30. The van der Waals surface area contributed by atoms with Gasteiger partial charge in [-0.3, -0.25) is 0 Å². The maximum absolute atomic E-state index is 12.6. The van der Waals surface area contributed by atoms with Crippen LogP contribution < -0.4 is 10.0 Å². The van der Waals surface area contributed by atoms with Gasteiger partial charge in [0.15, 0.2) is 0 Å². The lowest BCUT2D eigenvalue weighted by molar-refractivity contribution is 0.556. The van der Waals surface area contributed by atoms with Gasteiger partial charge >= 0.3 is 0 Å². The molecule has 0 aliphatic rings. The highest BCUT2D eigenvalue weighted by Crippen LogP contribution is 2.27. The van der Waals surface area contributed by atoms with Gasteiger partial charge in [-0.2, -0.15) is 11.8 Å². The molecule has 0 radical (unpaired) electrons. The van der Waals surface area contributed by atoms with Crippen molar-refractivity contribution in [2.45, 2.75) is 44.7 Å². The third-order valence-electron chi connectivity index (χ3n) is 2.98. The quantitative estimate of drug-likeness (QED) is 0.728. The molecule has 0 bridgehead atoms. The minimum absolute atomic E-state index is 0.0127. The lowest BCUT2D eigenvalue weighted by Crippen LogP contribution is -2.36. The van der Waals surface area contributed by atoms with E-state index in [-0.39, 0.29) is 6.04 Å². The Kier molecular flexibility index (Phi) is 7.53. The predicted molar refractivity (Wildman–Crippen MR) is 89.2 cm³/mol. The number of sulfonamides is 1. The van der Waals surface area contributed by atoms with Crippen LogP contribution in [0.5, 0.6) is 0 Å². The van der Waals surface area contributed by atoms with E-state index in [1.165, 1.54) is 11.3 Å². The molecule has 0 amide bonds. The van der Waals surface area contributed by atoms with E-state index in [2.05, 4.69) is 10.0 Å². The Morgan fingerprint density at radius 3 is 2.65 bits per heavy atom. The summed E-state index contributed by atoms with van der Waals surface area (Å²) < 4.78 is 28.0. The second-order valence-electron chi connectivity index (χ2n) is 4.63. The molecule has 0 aliphatic heterocycles. The van der Waals surface area contributed by atoms with E-state index in [4.69, 9.17) is 0 Å². The van der Waals surface area contributed by atoms with Crippen molar-refractivity contribution in [3.63, 3.8) is 0 Å². The van der Waals surface area contributed by atoms with Gasteiger partial charge in [-0.05, 0) is 37.1 Å². The monoisotopic (exact) mass is 336 g/mol. The van der Waals surface area contributed by atoms with Crippen molar-refractivity contribution < 1.29 is 8.42 Å². The molecule has 0 aromatic carbocycles. The Labute approximate surface area is 130 Å². The van der Waals surface area contributed by atoms with Gasteiger partial charge in [0.1, 0.15) is 4.90 Å². The van der Waals surface area contributed by atoms with Crippen LogP contribution in [0.4, 0.5) is 0 Å². The maximum atomic E-state index is 12.6. The second kappa shape index (κ2) is 8.38. The van der Waals surface area contributed by atoms with Gasteiger partial charge in [0, 0.05) is 23.2 Å². The van der Waals surface area contributed by atoms with Gasteiger partial charge in [-0.1, -0.05) is 13.8 Å². The summed E-state index contributed by atoms with van der Waals surface area (Å²) in [6, 6.07) is -0.0127. The molecule has 20 heavy (non-hydrogen) atoms. The molecule has 1 atom stereocenters. The van der Waals surface area contributed by atoms with Crippen molar-refractivity contribution in [3.05, 3.63) is 15.8 Å². The zero-order valence-electron chi connectivity index (χ0n) is 12.5. The van der Waals surface area contributed by atoms with Crippen molar-refractivity contribution >= 4 is 33.1 Å². The van der Waals surface area contributed by atoms with Crippen LogP contribution in [0.25, 0.3) is 0 Å². The molecule has 1 heterocycles. The summed E-state index contributed by atoms with van der Waals surface area (Å²) in [7, 11) is -3.44. The number of aryl methyl sites for hydroxylation is 1. The first kappa shape index (κ1) is 18.0. The molecule has 4 nitrogen and oxygen atoms in total. The Bertz CT molecular complexity index is 512. The number of hydrogen-bond donors (Lipinski definition) is 2. The summed E-state index contributed by atoms with van der Waals surface area (Å²) in [5.41, 5.74) is 0.828. The largest absolute Gasteiger partial charge is 0.312 e. The summed E-state index contributed by atoms with van der Waals surface area (Å²) >= 11 is 3.16. The Hall–Kier alpha value is -0.0800. The molecule has 0 fully saturated rings. The predicted octanol–water partition coefficient (Wildman–Crippen LogP) is 2.59. The van der Waals surface area contributed by atoms with E-state index in [0.29, 0.717) is 11.4 Å². The van der Waals surface area contributed by atoms with Crippen LogP contribution in [0, 0.1) is 6.92 Å². The fourth-order valence-corrected chi connectivity index (χ4v) is 5.85. The van der Waals surface area contributed by atoms with Gasteiger partial charge < -0.3 is 5.32 Å². The second-order valence-corrected chi connectivity index (χ2v) is 8.16. The van der Waals surface area contributed by atoms with Crippen LogP contribution in [-0.2, 0) is 16.6 Å². The molecule has 0 saturated carbocycles. The highest BCUT2D eigenvalue weighted by Gasteiger charge is 2.25. The van der Waals surface area contributed by atoms with Gasteiger partial charge in [-0.15, -0.1) is 11.3 Å². The first-order valence-corrected chi connectivity index (χ1v) is 10.5. The smallest absolute Gasteiger partial charge is 0.242 e. The Balaban J connectivity index is 2.99. The number of hydrogen-bond acceptors (Lipinski definition) is 5. The average Bonchev–Trinajstić information content (AvgIpc) is 2.77. The Morgan fingerprint density at radius 2 is 2.10 bits per heavy atom.